The molecule has 48 heavy (non-hydrogen) atoms. The lowest BCUT2D eigenvalue weighted by Gasteiger charge is -2.29. The topological polar surface area (TPSA) is 52.6 Å². The van der Waals surface area contributed by atoms with Crippen molar-refractivity contribution in [3.63, 3.8) is 0 Å². The fraction of sp³-hybridized carbons (Fsp3) is 0.158. The molecule has 246 valence electrons. The van der Waals surface area contributed by atoms with E-state index in [4.69, 9.17) is 9.47 Å². The van der Waals surface area contributed by atoms with Crippen molar-refractivity contribution in [1.82, 2.24) is 0 Å². The second-order valence-corrected chi connectivity index (χ2v) is 10.6. The summed E-state index contributed by atoms with van der Waals surface area (Å²) in [5.74, 6) is -1.48. The standard InChI is InChI=1S/C38H28F6O4/c1-3-47-35(45)27-19-15-25(16-20-27)31-29(23-11-7-5-8-12-23)30(24-13-9-6-10-14-24)33(37(39,40)41)32(34(31)38(42,43)44)26-17-21-28(22-18-26)36(46)48-4-2/h5-22H,3-4H2,1-2H3. The van der Waals surface area contributed by atoms with E-state index < -0.39 is 57.7 Å². The molecule has 0 fully saturated rings. The molecule has 4 nitrogen and oxygen atoms in total. The Morgan fingerprint density at radius 3 is 1.10 bits per heavy atom. The van der Waals surface area contributed by atoms with Crippen molar-refractivity contribution in [3.8, 4) is 44.5 Å². The predicted molar refractivity (Wildman–Crippen MR) is 170 cm³/mol. The number of alkyl halides is 6. The first kappa shape index (κ1) is 34.0. The maximum absolute atomic E-state index is 15.6. The molecule has 0 bridgehead atoms. The maximum Gasteiger partial charge on any atom is 0.417 e. The molecule has 10 heteroatoms. The Bertz CT molecular complexity index is 1910. The van der Waals surface area contributed by atoms with E-state index in [1.165, 1.54) is 72.8 Å². The van der Waals surface area contributed by atoms with Crippen LogP contribution in [-0.2, 0) is 21.8 Å². The lowest BCUT2D eigenvalue weighted by Crippen LogP contribution is -2.19. The summed E-state index contributed by atoms with van der Waals surface area (Å²) in [7, 11) is 0. The molecule has 0 atom stereocenters. The second kappa shape index (κ2) is 13.8. The van der Waals surface area contributed by atoms with Crippen LogP contribution in [0.1, 0.15) is 45.7 Å². The van der Waals surface area contributed by atoms with Crippen LogP contribution in [0.5, 0.6) is 0 Å². The van der Waals surface area contributed by atoms with Crippen LogP contribution in [0.25, 0.3) is 44.5 Å². The molecule has 0 unspecified atom stereocenters. The monoisotopic (exact) mass is 662 g/mol. The highest BCUT2D eigenvalue weighted by Gasteiger charge is 2.47. The van der Waals surface area contributed by atoms with Crippen LogP contribution in [0.4, 0.5) is 26.3 Å². The first-order chi connectivity index (χ1) is 22.9. The summed E-state index contributed by atoms with van der Waals surface area (Å²) in [5, 5.41) is 0. The van der Waals surface area contributed by atoms with Gasteiger partial charge >= 0.3 is 24.3 Å². The molecule has 0 aromatic heterocycles. The predicted octanol–water partition coefficient (Wildman–Crippen LogP) is 10.7. The first-order valence-electron chi connectivity index (χ1n) is 14.9. The van der Waals surface area contributed by atoms with Gasteiger partial charge in [0, 0.05) is 16.7 Å². The highest BCUT2D eigenvalue weighted by atomic mass is 19.4. The van der Waals surface area contributed by atoms with Gasteiger partial charge in [0.05, 0.1) is 35.5 Å². The van der Waals surface area contributed by atoms with Gasteiger partial charge in [0.15, 0.2) is 0 Å². The van der Waals surface area contributed by atoms with Gasteiger partial charge < -0.3 is 9.47 Å². The van der Waals surface area contributed by atoms with Gasteiger partial charge in [0.1, 0.15) is 0 Å². The average molecular weight is 663 g/mol. The SMILES string of the molecule is CCOC(=O)c1ccc(-c2c(-c3ccccc3)c(-c3ccccc3)c(C(F)(F)F)c(-c3ccc(C(=O)OCC)cc3)c2C(F)(F)F)cc1. The van der Waals surface area contributed by atoms with Crippen LogP contribution in [0.3, 0.4) is 0 Å². The van der Waals surface area contributed by atoms with Crippen molar-refractivity contribution in [3.05, 3.63) is 131 Å². The molecule has 0 aliphatic heterocycles. The average Bonchev–Trinajstić information content (AvgIpc) is 3.07. The number of halogens is 6. The van der Waals surface area contributed by atoms with Crippen LogP contribution in [-0.4, -0.2) is 25.2 Å². The maximum atomic E-state index is 15.6. The van der Waals surface area contributed by atoms with Crippen LogP contribution in [0.15, 0.2) is 109 Å². The zero-order valence-corrected chi connectivity index (χ0v) is 25.7. The van der Waals surface area contributed by atoms with Gasteiger partial charge in [-0.2, -0.15) is 26.3 Å². The summed E-state index contributed by atoms with van der Waals surface area (Å²) >= 11 is 0. The van der Waals surface area contributed by atoms with Gasteiger partial charge in [-0.1, -0.05) is 84.9 Å². The van der Waals surface area contributed by atoms with E-state index in [-0.39, 0.29) is 46.6 Å². The Balaban J connectivity index is 2.03. The van der Waals surface area contributed by atoms with Crippen LogP contribution >= 0.6 is 0 Å². The summed E-state index contributed by atoms with van der Waals surface area (Å²) < 4.78 is 103. The van der Waals surface area contributed by atoms with Crippen molar-refractivity contribution in [2.24, 2.45) is 0 Å². The van der Waals surface area contributed by atoms with Gasteiger partial charge in [-0.3, -0.25) is 0 Å². The summed E-state index contributed by atoms with van der Waals surface area (Å²) in [6, 6.07) is 24.4. The molecule has 0 spiro atoms. The number of carbonyl (C=O) groups is 2. The van der Waals surface area contributed by atoms with Crippen molar-refractivity contribution < 1.29 is 45.4 Å². The smallest absolute Gasteiger partial charge is 0.417 e. The highest BCUT2D eigenvalue weighted by molar-refractivity contribution is 6.03. The van der Waals surface area contributed by atoms with Crippen LogP contribution in [0, 0.1) is 0 Å². The molecule has 5 aromatic rings. The van der Waals surface area contributed by atoms with E-state index in [1.54, 1.807) is 26.0 Å². The molecular formula is C38H28F6O4. The van der Waals surface area contributed by atoms with E-state index in [0.29, 0.717) is 0 Å². The second-order valence-electron chi connectivity index (χ2n) is 10.6. The Morgan fingerprint density at radius 1 is 0.458 bits per heavy atom. The fourth-order valence-electron chi connectivity index (χ4n) is 5.66. The van der Waals surface area contributed by atoms with Gasteiger partial charge in [0.2, 0.25) is 0 Å². The third-order valence-electron chi connectivity index (χ3n) is 7.56. The lowest BCUT2D eigenvalue weighted by molar-refractivity contribution is -0.141. The van der Waals surface area contributed by atoms with Crippen molar-refractivity contribution in [2.75, 3.05) is 13.2 Å². The van der Waals surface area contributed by atoms with Crippen LogP contribution in [0.2, 0.25) is 0 Å². The molecule has 5 rings (SSSR count). The minimum absolute atomic E-state index is 0.0245. The van der Waals surface area contributed by atoms with Crippen molar-refractivity contribution >= 4 is 11.9 Å². The summed E-state index contributed by atoms with van der Waals surface area (Å²) in [6.45, 7) is 3.26. The van der Waals surface area contributed by atoms with E-state index >= 15 is 26.3 Å². The zero-order valence-electron chi connectivity index (χ0n) is 25.7. The fourth-order valence-corrected chi connectivity index (χ4v) is 5.66. The van der Waals surface area contributed by atoms with Crippen molar-refractivity contribution in [1.29, 1.82) is 0 Å². The Labute approximate surface area is 272 Å². The number of carbonyl (C=O) groups excluding carboxylic acids is 2. The van der Waals surface area contributed by atoms with E-state index in [1.807, 2.05) is 0 Å². The number of rotatable bonds is 8. The number of esters is 2. The third kappa shape index (κ3) is 6.83. The molecular weight excluding hydrogens is 634 g/mol. The molecule has 0 saturated heterocycles. The van der Waals surface area contributed by atoms with E-state index in [2.05, 4.69) is 0 Å². The van der Waals surface area contributed by atoms with Crippen LogP contribution < -0.4 is 0 Å². The molecule has 0 aliphatic carbocycles. The molecule has 0 radical (unpaired) electrons. The largest absolute Gasteiger partial charge is 0.462 e. The molecule has 5 aromatic carbocycles. The summed E-state index contributed by atoms with van der Waals surface area (Å²) in [4.78, 5) is 24.7. The highest BCUT2D eigenvalue weighted by Crippen LogP contribution is 2.57. The molecule has 0 aliphatic rings. The van der Waals surface area contributed by atoms with Gasteiger partial charge in [-0.05, 0) is 65.9 Å². The molecule has 0 N–H and O–H groups in total. The van der Waals surface area contributed by atoms with Gasteiger partial charge in [-0.15, -0.1) is 0 Å². The Hall–Kier alpha value is -5.38. The minimum atomic E-state index is -5.32. The Kier molecular flexibility index (Phi) is 9.74. The quantitative estimate of drug-likeness (QED) is 0.123. The van der Waals surface area contributed by atoms with Gasteiger partial charge in [-0.25, -0.2) is 9.59 Å². The molecule has 0 heterocycles. The molecule has 0 amide bonds. The molecule has 0 saturated carbocycles. The first-order valence-corrected chi connectivity index (χ1v) is 14.9. The number of hydrogen-bond donors (Lipinski definition) is 0. The number of hydrogen-bond acceptors (Lipinski definition) is 4. The summed E-state index contributed by atoms with van der Waals surface area (Å²) in [5.41, 5.74) is -5.72. The van der Waals surface area contributed by atoms with E-state index in [9.17, 15) is 9.59 Å². The normalized spacial score (nSPS) is 11.7. The van der Waals surface area contributed by atoms with Crippen molar-refractivity contribution in [2.45, 2.75) is 26.2 Å². The summed E-state index contributed by atoms with van der Waals surface area (Å²) in [6.07, 6.45) is -10.6. The zero-order chi connectivity index (χ0) is 34.6. The third-order valence-corrected chi connectivity index (χ3v) is 7.56. The van der Waals surface area contributed by atoms with Gasteiger partial charge in [0.25, 0.3) is 0 Å². The van der Waals surface area contributed by atoms with E-state index in [0.717, 1.165) is 24.3 Å². The number of benzene rings is 5. The minimum Gasteiger partial charge on any atom is -0.462 e. The lowest BCUT2D eigenvalue weighted by atomic mass is 9.76. The number of ether oxygens (including phenoxy) is 2. The Morgan fingerprint density at radius 2 is 0.771 bits per heavy atom.